The largest absolute Gasteiger partial charge is 0.460 e. The first-order valence-corrected chi connectivity index (χ1v) is 10.3. The van der Waals surface area contributed by atoms with Crippen molar-refractivity contribution >= 4 is 23.5 Å². The number of carbonyl (C=O) groups excluding carboxylic acids is 3. The summed E-state index contributed by atoms with van der Waals surface area (Å²) in [6, 6.07) is 1.75. The van der Waals surface area contributed by atoms with Crippen LogP contribution in [0.3, 0.4) is 0 Å². The molecule has 0 bridgehead atoms. The minimum Gasteiger partial charge on any atom is -0.460 e. The van der Waals surface area contributed by atoms with Crippen LogP contribution in [0.25, 0.3) is 0 Å². The first kappa shape index (κ1) is 23.4. The quantitative estimate of drug-likeness (QED) is 0.371. The number of carbonyl (C=O) groups is 3. The van der Waals surface area contributed by atoms with Crippen molar-refractivity contribution in [3.63, 3.8) is 0 Å². The average molecular weight is 452 g/mol. The monoisotopic (exact) mass is 452 g/mol. The lowest BCUT2D eigenvalue weighted by molar-refractivity contribution is -0.141. The smallest absolute Gasteiger partial charge is 0.434 e. The van der Waals surface area contributed by atoms with E-state index in [9.17, 15) is 27.6 Å². The summed E-state index contributed by atoms with van der Waals surface area (Å²) in [5.74, 6) is -2.10. The number of ketones is 1. The van der Waals surface area contributed by atoms with E-state index in [4.69, 9.17) is 0 Å². The third-order valence-corrected chi connectivity index (χ3v) is 5.32. The number of amides is 1. The molecule has 1 aliphatic carbocycles. The molecule has 2 heterocycles. The number of pyridine rings is 1. The second-order valence-electron chi connectivity index (χ2n) is 7.58. The van der Waals surface area contributed by atoms with Crippen molar-refractivity contribution < 1.29 is 32.3 Å². The van der Waals surface area contributed by atoms with Crippen LogP contribution in [0, 0.1) is 5.92 Å². The average Bonchev–Trinajstić information content (AvgIpc) is 3.44. The van der Waals surface area contributed by atoms with Gasteiger partial charge >= 0.3 is 12.1 Å². The molecule has 3 rings (SSSR count). The lowest BCUT2D eigenvalue weighted by Gasteiger charge is -2.21. The Balaban J connectivity index is 1.75. The molecular weight excluding hydrogens is 429 g/mol. The molecule has 8 nitrogen and oxygen atoms in total. The maximum absolute atomic E-state index is 13.0. The van der Waals surface area contributed by atoms with Crippen molar-refractivity contribution in [1.29, 1.82) is 0 Å². The predicted octanol–water partition coefficient (Wildman–Crippen LogP) is 3.80. The lowest BCUT2D eigenvalue weighted by atomic mass is 9.97. The normalized spacial score (nSPS) is 15.4. The molecule has 1 saturated carbocycles. The van der Waals surface area contributed by atoms with Gasteiger partial charge in [0.25, 0.3) is 5.78 Å². The number of imidazole rings is 1. The van der Waals surface area contributed by atoms with Gasteiger partial charge in [0.2, 0.25) is 5.91 Å². The van der Waals surface area contributed by atoms with E-state index in [0.29, 0.717) is 6.42 Å². The van der Waals surface area contributed by atoms with Crippen molar-refractivity contribution in [2.24, 2.45) is 5.92 Å². The molecular formula is C21H23F3N4O4. The van der Waals surface area contributed by atoms with Gasteiger partial charge in [-0.2, -0.15) is 13.2 Å². The van der Waals surface area contributed by atoms with Crippen LogP contribution in [0.4, 0.5) is 19.0 Å². The predicted molar refractivity (Wildman–Crippen MR) is 107 cm³/mol. The molecule has 2 aromatic heterocycles. The van der Waals surface area contributed by atoms with E-state index in [1.807, 2.05) is 0 Å². The van der Waals surface area contributed by atoms with Gasteiger partial charge in [-0.05, 0) is 31.4 Å². The number of ether oxygens (including phenoxy) is 1. The number of anilines is 1. The van der Waals surface area contributed by atoms with Gasteiger partial charge in [0.1, 0.15) is 11.9 Å². The second kappa shape index (κ2) is 9.92. The van der Waals surface area contributed by atoms with Crippen molar-refractivity contribution in [1.82, 2.24) is 14.5 Å². The number of halogens is 3. The highest BCUT2D eigenvalue weighted by atomic mass is 19.4. The SMILES string of the molecule is CCOC(=O)C(=O)c1ccc(NC(=O)C(CC2CCCC2)n2cnc(C(F)(F)F)c2)nc1. The van der Waals surface area contributed by atoms with E-state index in [2.05, 4.69) is 20.0 Å². The third kappa shape index (κ3) is 5.71. The van der Waals surface area contributed by atoms with Gasteiger partial charge in [-0.15, -0.1) is 0 Å². The topological polar surface area (TPSA) is 103 Å². The van der Waals surface area contributed by atoms with Crippen LogP contribution in [-0.2, 0) is 20.5 Å². The van der Waals surface area contributed by atoms with Crippen molar-refractivity contribution in [3.8, 4) is 0 Å². The fourth-order valence-electron chi connectivity index (χ4n) is 3.71. The third-order valence-electron chi connectivity index (χ3n) is 5.32. The number of rotatable bonds is 8. The van der Waals surface area contributed by atoms with E-state index < -0.39 is 35.6 Å². The van der Waals surface area contributed by atoms with E-state index in [1.165, 1.54) is 16.7 Å². The van der Waals surface area contributed by atoms with Gasteiger partial charge in [-0.3, -0.25) is 9.59 Å². The summed E-state index contributed by atoms with van der Waals surface area (Å²) in [4.78, 5) is 43.8. The molecule has 0 aliphatic heterocycles. The van der Waals surface area contributed by atoms with Crippen LogP contribution in [0.5, 0.6) is 0 Å². The highest BCUT2D eigenvalue weighted by Gasteiger charge is 2.35. The number of nitrogens with one attached hydrogen (secondary N) is 1. The van der Waals surface area contributed by atoms with Crippen LogP contribution in [0.2, 0.25) is 0 Å². The molecule has 1 aliphatic rings. The summed E-state index contributed by atoms with van der Waals surface area (Å²) >= 11 is 0. The Bertz CT molecular complexity index is 966. The number of Topliss-reactive ketones (excluding diaryl/α,β-unsaturated/α-hetero) is 1. The molecule has 1 atom stereocenters. The number of nitrogens with zero attached hydrogens (tertiary/aromatic N) is 3. The Morgan fingerprint density at radius 3 is 2.50 bits per heavy atom. The van der Waals surface area contributed by atoms with Crippen LogP contribution in [0.1, 0.15) is 61.1 Å². The maximum atomic E-state index is 13.0. The highest BCUT2D eigenvalue weighted by molar-refractivity contribution is 6.40. The molecule has 0 spiro atoms. The van der Waals surface area contributed by atoms with Gasteiger partial charge < -0.3 is 14.6 Å². The van der Waals surface area contributed by atoms with Gasteiger partial charge in [0, 0.05) is 18.0 Å². The number of aromatic nitrogens is 3. The second-order valence-corrected chi connectivity index (χ2v) is 7.58. The molecule has 2 aromatic rings. The van der Waals surface area contributed by atoms with Gasteiger partial charge in [0.15, 0.2) is 5.69 Å². The van der Waals surface area contributed by atoms with Crippen molar-refractivity contribution in [2.75, 3.05) is 11.9 Å². The summed E-state index contributed by atoms with van der Waals surface area (Å²) in [5.41, 5.74) is -1.07. The lowest BCUT2D eigenvalue weighted by Crippen LogP contribution is -2.27. The maximum Gasteiger partial charge on any atom is 0.434 e. The van der Waals surface area contributed by atoms with E-state index in [-0.39, 0.29) is 23.9 Å². The van der Waals surface area contributed by atoms with Crippen LogP contribution < -0.4 is 5.32 Å². The van der Waals surface area contributed by atoms with Crippen molar-refractivity contribution in [3.05, 3.63) is 42.1 Å². The molecule has 1 unspecified atom stereocenters. The Kier molecular flexibility index (Phi) is 7.26. The molecule has 1 fully saturated rings. The first-order chi connectivity index (χ1) is 15.2. The molecule has 0 saturated heterocycles. The molecule has 1 N–H and O–H groups in total. The summed E-state index contributed by atoms with van der Waals surface area (Å²) in [6.07, 6.45) is 2.59. The van der Waals surface area contributed by atoms with E-state index in [0.717, 1.165) is 44.4 Å². The van der Waals surface area contributed by atoms with E-state index in [1.54, 1.807) is 6.92 Å². The van der Waals surface area contributed by atoms with Gasteiger partial charge in [-0.25, -0.2) is 14.8 Å². The molecule has 11 heteroatoms. The molecule has 0 aromatic carbocycles. The Morgan fingerprint density at radius 1 is 1.22 bits per heavy atom. The number of esters is 1. The molecule has 1 amide bonds. The zero-order valence-electron chi connectivity index (χ0n) is 17.4. The number of hydrogen-bond donors (Lipinski definition) is 1. The van der Waals surface area contributed by atoms with E-state index >= 15 is 0 Å². The summed E-state index contributed by atoms with van der Waals surface area (Å²) in [7, 11) is 0. The fraction of sp³-hybridized carbons (Fsp3) is 0.476. The summed E-state index contributed by atoms with van der Waals surface area (Å²) in [6.45, 7) is 1.63. The summed E-state index contributed by atoms with van der Waals surface area (Å²) in [5, 5.41) is 2.58. The zero-order chi connectivity index (χ0) is 23.3. The molecule has 172 valence electrons. The summed E-state index contributed by atoms with van der Waals surface area (Å²) < 4.78 is 44.8. The zero-order valence-corrected chi connectivity index (χ0v) is 17.4. The Hall–Kier alpha value is -3.24. The van der Waals surface area contributed by atoms with Gasteiger partial charge in [-0.1, -0.05) is 25.7 Å². The van der Waals surface area contributed by atoms with Crippen molar-refractivity contribution in [2.45, 2.75) is 51.2 Å². The van der Waals surface area contributed by atoms with Crippen LogP contribution >= 0.6 is 0 Å². The minimum absolute atomic E-state index is 0.00613. The number of alkyl halides is 3. The Morgan fingerprint density at radius 2 is 1.94 bits per heavy atom. The molecule has 32 heavy (non-hydrogen) atoms. The number of hydrogen-bond acceptors (Lipinski definition) is 6. The Labute approximate surface area is 182 Å². The minimum atomic E-state index is -4.61. The first-order valence-electron chi connectivity index (χ1n) is 10.3. The molecule has 0 radical (unpaired) electrons. The highest BCUT2D eigenvalue weighted by Crippen LogP contribution is 2.34. The van der Waals surface area contributed by atoms with Gasteiger partial charge in [0.05, 0.1) is 12.9 Å². The standard InChI is InChI=1S/C21H23F3N4O4/c1-2-32-20(31)18(29)14-7-8-17(25-10-14)27-19(30)15(9-13-5-3-4-6-13)28-11-16(26-12-28)21(22,23)24/h7-8,10-13,15H,2-6,9H2,1H3,(H,25,27,30). The van der Waals surface area contributed by atoms with Crippen LogP contribution in [0.15, 0.2) is 30.9 Å². The van der Waals surface area contributed by atoms with Crippen LogP contribution in [-0.4, -0.2) is 38.8 Å². The fourth-order valence-corrected chi connectivity index (χ4v) is 3.71.